The van der Waals surface area contributed by atoms with Gasteiger partial charge < -0.3 is 5.32 Å². The molecule has 0 bridgehead atoms. The third-order valence-corrected chi connectivity index (χ3v) is 6.68. The average molecular weight is 287 g/mol. The molecule has 1 N–H and O–H groups in total. The van der Waals surface area contributed by atoms with Crippen molar-refractivity contribution in [3.05, 3.63) is 34.7 Å². The molecular weight excluding hydrogens is 262 g/mol. The van der Waals surface area contributed by atoms with Gasteiger partial charge in [-0.15, -0.1) is 11.3 Å². The maximum absolute atomic E-state index is 3.80. The molecule has 2 aromatic rings. The topological polar surface area (TPSA) is 12.0 Å². The first-order chi connectivity index (χ1) is 9.65. The Morgan fingerprint density at radius 3 is 2.65 bits per heavy atom. The van der Waals surface area contributed by atoms with Crippen molar-refractivity contribution in [1.29, 1.82) is 0 Å². The van der Waals surface area contributed by atoms with E-state index in [-0.39, 0.29) is 0 Å². The summed E-state index contributed by atoms with van der Waals surface area (Å²) in [6, 6.07) is 9.24. The molecule has 2 heteroatoms. The van der Waals surface area contributed by atoms with Crippen molar-refractivity contribution >= 4 is 21.4 Å². The quantitative estimate of drug-likeness (QED) is 0.772. The van der Waals surface area contributed by atoms with E-state index in [4.69, 9.17) is 0 Å². The Hall–Kier alpha value is -0.860. The van der Waals surface area contributed by atoms with E-state index >= 15 is 0 Å². The Morgan fingerprint density at radius 2 is 2.05 bits per heavy atom. The second kappa shape index (κ2) is 5.50. The van der Waals surface area contributed by atoms with Crippen LogP contribution in [0.5, 0.6) is 0 Å². The number of hydrogen-bond acceptors (Lipinski definition) is 2. The van der Waals surface area contributed by atoms with Crippen molar-refractivity contribution in [2.75, 3.05) is 6.54 Å². The van der Waals surface area contributed by atoms with E-state index in [2.05, 4.69) is 50.4 Å². The van der Waals surface area contributed by atoms with Gasteiger partial charge in [0.25, 0.3) is 0 Å². The molecule has 108 valence electrons. The molecule has 1 aromatic carbocycles. The monoisotopic (exact) mass is 287 g/mol. The van der Waals surface area contributed by atoms with Crippen LogP contribution in [-0.4, -0.2) is 6.54 Å². The van der Waals surface area contributed by atoms with Crippen LogP contribution >= 0.6 is 11.3 Å². The highest BCUT2D eigenvalue weighted by atomic mass is 32.1. The van der Waals surface area contributed by atoms with Crippen molar-refractivity contribution in [2.45, 2.75) is 52.5 Å². The molecule has 0 aliphatic heterocycles. The molecule has 1 heterocycles. The van der Waals surface area contributed by atoms with Crippen molar-refractivity contribution < 1.29 is 0 Å². The molecule has 0 saturated heterocycles. The minimum atomic E-state index is 0.469. The summed E-state index contributed by atoms with van der Waals surface area (Å²) in [5.74, 6) is 0. The lowest BCUT2D eigenvalue weighted by atomic mass is 9.67. The van der Waals surface area contributed by atoms with E-state index in [1.54, 1.807) is 0 Å². The summed E-state index contributed by atoms with van der Waals surface area (Å²) >= 11 is 1.95. The number of thiophene rings is 1. The Labute approximate surface area is 126 Å². The van der Waals surface area contributed by atoms with Crippen LogP contribution in [0.25, 0.3) is 10.1 Å². The summed E-state index contributed by atoms with van der Waals surface area (Å²) in [5.41, 5.74) is 2.06. The predicted octanol–water partition coefficient (Wildman–Crippen LogP) is 5.44. The number of nitrogens with one attached hydrogen (secondary N) is 1. The van der Waals surface area contributed by atoms with Gasteiger partial charge in [-0.1, -0.05) is 31.5 Å². The number of rotatable bonds is 5. The number of hydrogen-bond donors (Lipinski definition) is 1. The largest absolute Gasteiger partial charge is 0.309 e. The molecule has 3 rings (SSSR count). The number of benzene rings is 1. The third kappa shape index (κ3) is 2.40. The van der Waals surface area contributed by atoms with E-state index in [0.29, 0.717) is 11.5 Å². The predicted molar refractivity (Wildman–Crippen MR) is 89.6 cm³/mol. The highest BCUT2D eigenvalue weighted by molar-refractivity contribution is 7.19. The fourth-order valence-corrected chi connectivity index (χ4v) is 4.64. The second-order valence-electron chi connectivity index (χ2n) is 6.40. The molecule has 1 unspecified atom stereocenters. The summed E-state index contributed by atoms with van der Waals surface area (Å²) in [6.45, 7) is 8.11. The van der Waals surface area contributed by atoms with Crippen molar-refractivity contribution in [2.24, 2.45) is 5.41 Å². The molecule has 1 saturated carbocycles. The van der Waals surface area contributed by atoms with Crippen molar-refractivity contribution in [3.8, 4) is 0 Å². The summed E-state index contributed by atoms with van der Waals surface area (Å²) in [7, 11) is 0. The Bertz CT molecular complexity index is 589. The van der Waals surface area contributed by atoms with Crippen LogP contribution in [0.2, 0.25) is 0 Å². The SMILES string of the molecule is CCC1(CNC(C)c2sc3ccccc3c2C)CCC1. The van der Waals surface area contributed by atoms with Gasteiger partial charge in [-0.25, -0.2) is 0 Å². The summed E-state index contributed by atoms with van der Waals surface area (Å²) in [6.07, 6.45) is 5.56. The van der Waals surface area contributed by atoms with Crippen molar-refractivity contribution in [1.82, 2.24) is 5.32 Å². The van der Waals surface area contributed by atoms with Crippen LogP contribution in [0.15, 0.2) is 24.3 Å². The van der Waals surface area contributed by atoms with Crippen molar-refractivity contribution in [3.63, 3.8) is 0 Å². The standard InChI is InChI=1S/C18H25NS/c1-4-18(10-7-11-18)12-19-14(3)17-13(2)15-8-5-6-9-16(15)20-17/h5-6,8-9,14,19H,4,7,10-12H2,1-3H3. The molecule has 20 heavy (non-hydrogen) atoms. The highest BCUT2D eigenvalue weighted by Gasteiger charge is 2.35. The molecule has 1 fully saturated rings. The highest BCUT2D eigenvalue weighted by Crippen LogP contribution is 2.44. The molecular formula is C18H25NS. The Balaban J connectivity index is 1.75. The summed E-state index contributed by atoms with van der Waals surface area (Å²) in [5, 5.41) is 5.23. The van der Waals surface area contributed by atoms with Gasteiger partial charge >= 0.3 is 0 Å². The zero-order chi connectivity index (χ0) is 14.2. The lowest BCUT2D eigenvalue weighted by Crippen LogP contribution is -2.40. The zero-order valence-corrected chi connectivity index (χ0v) is 13.6. The normalized spacial score (nSPS) is 18.9. The van der Waals surface area contributed by atoms with E-state index in [0.717, 1.165) is 0 Å². The van der Waals surface area contributed by atoms with Crippen LogP contribution in [0.4, 0.5) is 0 Å². The molecule has 0 radical (unpaired) electrons. The first-order valence-corrected chi connectivity index (χ1v) is 8.68. The maximum Gasteiger partial charge on any atom is 0.0389 e. The lowest BCUT2D eigenvalue weighted by molar-refractivity contribution is 0.120. The van der Waals surface area contributed by atoms with E-state index in [1.807, 2.05) is 11.3 Å². The van der Waals surface area contributed by atoms with Gasteiger partial charge in [0, 0.05) is 22.2 Å². The molecule has 1 aromatic heterocycles. The summed E-state index contributed by atoms with van der Waals surface area (Å²) < 4.78 is 1.42. The lowest BCUT2D eigenvalue weighted by Gasteiger charge is -2.42. The van der Waals surface area contributed by atoms with E-state index < -0.39 is 0 Å². The Kier molecular flexibility index (Phi) is 3.87. The van der Waals surface area contributed by atoms with Crippen LogP contribution in [-0.2, 0) is 0 Å². The first kappa shape index (κ1) is 14.1. The van der Waals surface area contributed by atoms with Crippen LogP contribution in [0, 0.1) is 12.3 Å². The van der Waals surface area contributed by atoms with E-state index in [9.17, 15) is 0 Å². The number of fused-ring (bicyclic) bond motifs is 1. The van der Waals surface area contributed by atoms with Gasteiger partial charge in [-0.3, -0.25) is 0 Å². The Morgan fingerprint density at radius 1 is 1.30 bits per heavy atom. The van der Waals surface area contributed by atoms with Gasteiger partial charge in [0.05, 0.1) is 0 Å². The van der Waals surface area contributed by atoms with Gasteiger partial charge in [0.1, 0.15) is 0 Å². The minimum absolute atomic E-state index is 0.469. The molecule has 0 spiro atoms. The molecule has 1 atom stereocenters. The van der Waals surface area contributed by atoms with Gasteiger partial charge in [-0.05, 0) is 55.5 Å². The molecule has 1 aliphatic rings. The molecule has 1 aliphatic carbocycles. The van der Waals surface area contributed by atoms with Gasteiger partial charge in [-0.2, -0.15) is 0 Å². The fraction of sp³-hybridized carbons (Fsp3) is 0.556. The number of aryl methyl sites for hydroxylation is 1. The van der Waals surface area contributed by atoms with Gasteiger partial charge in [0.2, 0.25) is 0 Å². The van der Waals surface area contributed by atoms with Gasteiger partial charge in [0.15, 0.2) is 0 Å². The minimum Gasteiger partial charge on any atom is -0.309 e. The fourth-order valence-electron chi connectivity index (χ4n) is 3.40. The smallest absolute Gasteiger partial charge is 0.0389 e. The first-order valence-electron chi connectivity index (χ1n) is 7.87. The van der Waals surface area contributed by atoms with Crippen LogP contribution in [0.1, 0.15) is 56.0 Å². The average Bonchev–Trinajstić information content (AvgIpc) is 2.76. The van der Waals surface area contributed by atoms with Crippen LogP contribution < -0.4 is 5.32 Å². The second-order valence-corrected chi connectivity index (χ2v) is 7.48. The summed E-state index contributed by atoms with van der Waals surface area (Å²) in [4.78, 5) is 1.51. The van der Waals surface area contributed by atoms with E-state index in [1.165, 1.54) is 52.8 Å². The molecule has 1 nitrogen and oxygen atoms in total. The maximum atomic E-state index is 3.80. The molecule has 0 amide bonds. The third-order valence-electron chi connectivity index (χ3n) is 5.22. The van der Waals surface area contributed by atoms with Crippen LogP contribution in [0.3, 0.4) is 0 Å². The zero-order valence-electron chi connectivity index (χ0n) is 12.8.